The Morgan fingerprint density at radius 1 is 1.06 bits per heavy atom. The van der Waals surface area contributed by atoms with E-state index in [1.807, 2.05) is 54.6 Å². The van der Waals surface area contributed by atoms with Crippen molar-refractivity contribution in [3.63, 3.8) is 0 Å². The highest BCUT2D eigenvalue weighted by atomic mass is 35.5. The molecule has 0 radical (unpaired) electrons. The molecule has 0 saturated heterocycles. The van der Waals surface area contributed by atoms with Gasteiger partial charge >= 0.3 is 5.97 Å². The summed E-state index contributed by atoms with van der Waals surface area (Å²) in [6.07, 6.45) is -0.507. The SMILES string of the molecule is CCOC(=O)C(F)(C(O)c1ccc(Cl)cc1)C1(Cc2cccc(Oc3ccccc3)c2)CC1. The second-order valence-electron chi connectivity index (χ2n) is 8.41. The van der Waals surface area contributed by atoms with Crippen molar-refractivity contribution in [2.45, 2.75) is 38.0 Å². The van der Waals surface area contributed by atoms with Crippen LogP contribution >= 0.6 is 11.6 Å². The molecule has 3 aromatic carbocycles. The molecule has 172 valence electrons. The third kappa shape index (κ3) is 4.75. The lowest BCUT2D eigenvalue weighted by Crippen LogP contribution is -2.50. The molecule has 4 nitrogen and oxygen atoms in total. The molecule has 1 aliphatic rings. The maximum absolute atomic E-state index is 16.7. The van der Waals surface area contributed by atoms with Gasteiger partial charge in [0.25, 0.3) is 0 Å². The third-order valence-electron chi connectivity index (χ3n) is 6.18. The number of aliphatic hydroxyl groups is 1. The molecule has 0 bridgehead atoms. The van der Waals surface area contributed by atoms with Crippen molar-refractivity contribution in [1.29, 1.82) is 0 Å². The molecule has 3 aromatic rings. The van der Waals surface area contributed by atoms with Crippen molar-refractivity contribution in [2.75, 3.05) is 6.61 Å². The number of hydrogen-bond donors (Lipinski definition) is 1. The molecular formula is C27H26ClFO4. The molecule has 1 N–H and O–H groups in total. The highest BCUT2D eigenvalue weighted by molar-refractivity contribution is 6.30. The van der Waals surface area contributed by atoms with Crippen molar-refractivity contribution in [3.05, 3.63) is 95.0 Å². The predicted octanol–water partition coefficient (Wildman–Crippen LogP) is 6.46. The van der Waals surface area contributed by atoms with Gasteiger partial charge in [0.15, 0.2) is 0 Å². The van der Waals surface area contributed by atoms with Crippen LogP contribution in [0.15, 0.2) is 78.9 Å². The Morgan fingerprint density at radius 3 is 2.36 bits per heavy atom. The summed E-state index contributed by atoms with van der Waals surface area (Å²) in [5.41, 5.74) is -2.59. The molecule has 6 heteroatoms. The Labute approximate surface area is 197 Å². The van der Waals surface area contributed by atoms with Gasteiger partial charge in [0.05, 0.1) is 6.61 Å². The molecule has 0 aliphatic heterocycles. The molecule has 1 fully saturated rings. The Hall–Kier alpha value is -2.89. The average molecular weight is 469 g/mol. The van der Waals surface area contributed by atoms with Crippen LogP contribution in [-0.4, -0.2) is 23.4 Å². The number of hydrogen-bond acceptors (Lipinski definition) is 4. The molecule has 0 aromatic heterocycles. The van der Waals surface area contributed by atoms with Gasteiger partial charge in [-0.1, -0.05) is 54.1 Å². The molecule has 2 unspecified atom stereocenters. The standard InChI is InChI=1S/C27H26ClFO4/c1-2-32-25(31)27(29,24(30)20-11-13-21(28)14-12-20)26(15-16-26)18-19-7-6-10-23(17-19)33-22-8-4-3-5-9-22/h3-14,17,24,30H,2,15-16,18H2,1H3. The van der Waals surface area contributed by atoms with E-state index in [0.717, 1.165) is 5.56 Å². The van der Waals surface area contributed by atoms with E-state index in [1.54, 1.807) is 19.1 Å². The van der Waals surface area contributed by atoms with E-state index in [2.05, 4.69) is 0 Å². The van der Waals surface area contributed by atoms with Crippen LogP contribution in [0.1, 0.15) is 37.0 Å². The fraction of sp³-hybridized carbons (Fsp3) is 0.296. The van der Waals surface area contributed by atoms with Crippen molar-refractivity contribution in [2.24, 2.45) is 5.41 Å². The van der Waals surface area contributed by atoms with Gasteiger partial charge in [-0.3, -0.25) is 0 Å². The van der Waals surface area contributed by atoms with Crippen molar-refractivity contribution in [3.8, 4) is 11.5 Å². The monoisotopic (exact) mass is 468 g/mol. The summed E-state index contributed by atoms with van der Waals surface area (Å²) in [4.78, 5) is 12.9. The van der Waals surface area contributed by atoms with Crippen molar-refractivity contribution in [1.82, 2.24) is 0 Å². The van der Waals surface area contributed by atoms with E-state index in [1.165, 1.54) is 12.1 Å². The smallest absolute Gasteiger partial charge is 0.347 e. The van der Waals surface area contributed by atoms with Crippen molar-refractivity contribution >= 4 is 17.6 Å². The van der Waals surface area contributed by atoms with Crippen LogP contribution in [0.2, 0.25) is 5.02 Å². The second kappa shape index (κ2) is 9.54. The van der Waals surface area contributed by atoms with Gasteiger partial charge in [0.1, 0.15) is 17.6 Å². The van der Waals surface area contributed by atoms with Crippen LogP contribution in [0, 0.1) is 5.41 Å². The van der Waals surface area contributed by atoms with E-state index in [9.17, 15) is 9.90 Å². The fourth-order valence-corrected chi connectivity index (χ4v) is 4.41. The average Bonchev–Trinajstić information content (AvgIpc) is 3.60. The highest BCUT2D eigenvalue weighted by Gasteiger charge is 2.68. The summed E-state index contributed by atoms with van der Waals surface area (Å²) in [5.74, 6) is 0.273. The fourth-order valence-electron chi connectivity index (χ4n) is 4.28. The summed E-state index contributed by atoms with van der Waals surface area (Å²) in [7, 11) is 0. The van der Waals surface area contributed by atoms with Crippen LogP contribution in [0.3, 0.4) is 0 Å². The van der Waals surface area contributed by atoms with Crippen molar-refractivity contribution < 1.29 is 23.8 Å². The van der Waals surface area contributed by atoms with E-state index in [0.29, 0.717) is 29.4 Å². The second-order valence-corrected chi connectivity index (χ2v) is 8.84. The Bertz CT molecular complexity index is 1100. The zero-order valence-corrected chi connectivity index (χ0v) is 19.1. The molecular weight excluding hydrogens is 443 g/mol. The van der Waals surface area contributed by atoms with Gasteiger partial charge < -0.3 is 14.6 Å². The highest BCUT2D eigenvalue weighted by Crippen LogP contribution is 2.62. The number of halogens is 2. The van der Waals surface area contributed by atoms with Gasteiger partial charge in [0, 0.05) is 10.4 Å². The molecule has 0 amide bonds. The number of ether oxygens (including phenoxy) is 2. The summed E-state index contributed by atoms with van der Waals surface area (Å²) in [6, 6.07) is 22.9. The lowest BCUT2D eigenvalue weighted by Gasteiger charge is -2.36. The van der Waals surface area contributed by atoms with Gasteiger partial charge in [-0.2, -0.15) is 0 Å². The van der Waals surface area contributed by atoms with Crippen LogP contribution in [-0.2, 0) is 16.0 Å². The number of benzene rings is 3. The summed E-state index contributed by atoms with van der Waals surface area (Å²) >= 11 is 5.95. The Morgan fingerprint density at radius 2 is 1.73 bits per heavy atom. The Kier molecular flexibility index (Phi) is 6.73. The minimum atomic E-state index is -2.60. The topological polar surface area (TPSA) is 55.8 Å². The van der Waals surface area contributed by atoms with Crippen LogP contribution in [0.4, 0.5) is 4.39 Å². The van der Waals surface area contributed by atoms with E-state index < -0.39 is 23.2 Å². The third-order valence-corrected chi connectivity index (χ3v) is 6.43. The quantitative estimate of drug-likeness (QED) is 0.366. The number of esters is 1. The molecule has 1 aliphatic carbocycles. The number of rotatable bonds is 9. The summed E-state index contributed by atoms with van der Waals surface area (Å²) in [5, 5.41) is 11.5. The first-order valence-corrected chi connectivity index (χ1v) is 11.4. The molecule has 0 spiro atoms. The number of alkyl halides is 1. The van der Waals surface area contributed by atoms with Crippen LogP contribution < -0.4 is 4.74 Å². The van der Waals surface area contributed by atoms with E-state index in [4.69, 9.17) is 21.1 Å². The van der Waals surface area contributed by atoms with E-state index in [-0.39, 0.29) is 18.6 Å². The van der Waals surface area contributed by atoms with E-state index >= 15 is 4.39 Å². The first-order valence-electron chi connectivity index (χ1n) is 11.0. The number of para-hydroxylation sites is 1. The zero-order chi connectivity index (χ0) is 23.5. The van der Waals surface area contributed by atoms with Gasteiger partial charge in [-0.15, -0.1) is 0 Å². The van der Waals surface area contributed by atoms with Gasteiger partial charge in [0.2, 0.25) is 5.67 Å². The predicted molar refractivity (Wildman–Crippen MR) is 125 cm³/mol. The molecule has 0 heterocycles. The van der Waals surface area contributed by atoms with Gasteiger partial charge in [-0.05, 0) is 73.7 Å². The Balaban J connectivity index is 1.63. The lowest BCUT2D eigenvalue weighted by atomic mass is 9.75. The maximum Gasteiger partial charge on any atom is 0.347 e. The molecule has 4 rings (SSSR count). The maximum atomic E-state index is 16.7. The normalized spacial score (nSPS) is 17.0. The van der Waals surface area contributed by atoms with Gasteiger partial charge in [-0.25, -0.2) is 9.18 Å². The summed E-state index contributed by atoms with van der Waals surface area (Å²) < 4.78 is 27.8. The largest absolute Gasteiger partial charge is 0.464 e. The lowest BCUT2D eigenvalue weighted by molar-refractivity contribution is -0.176. The molecule has 1 saturated carbocycles. The molecule has 2 atom stereocenters. The zero-order valence-electron chi connectivity index (χ0n) is 18.3. The first kappa shape index (κ1) is 23.3. The molecule has 33 heavy (non-hydrogen) atoms. The number of carbonyl (C=O) groups excluding carboxylic acids is 1. The number of carbonyl (C=O) groups is 1. The summed E-state index contributed by atoms with van der Waals surface area (Å²) in [6.45, 7) is 1.64. The minimum Gasteiger partial charge on any atom is -0.464 e. The number of aliphatic hydroxyl groups excluding tert-OH is 1. The minimum absolute atomic E-state index is 0.0221. The van der Waals surface area contributed by atoms with Crippen LogP contribution in [0.5, 0.6) is 11.5 Å². The van der Waals surface area contributed by atoms with Crippen LogP contribution in [0.25, 0.3) is 0 Å². The first-order chi connectivity index (χ1) is 15.9.